The van der Waals surface area contributed by atoms with Crippen LogP contribution in [-0.4, -0.2) is 29.7 Å². The lowest BCUT2D eigenvalue weighted by atomic mass is 9.89. The van der Waals surface area contributed by atoms with E-state index in [9.17, 15) is 4.79 Å². The monoisotopic (exact) mass is 278 g/mol. The van der Waals surface area contributed by atoms with E-state index >= 15 is 0 Å². The summed E-state index contributed by atoms with van der Waals surface area (Å²) >= 11 is 0. The van der Waals surface area contributed by atoms with E-state index in [1.165, 1.54) is 39.2 Å². The third kappa shape index (κ3) is 3.93. The number of carbonyl (C=O) groups excluding carboxylic acids is 1. The second-order valence-electron chi connectivity index (χ2n) is 5.26. The molecule has 1 amide bonds. The van der Waals surface area contributed by atoms with Crippen molar-refractivity contribution in [3.63, 3.8) is 0 Å². The quantitative estimate of drug-likeness (QED) is 0.863. The van der Waals surface area contributed by atoms with Crippen molar-refractivity contribution in [1.82, 2.24) is 10.3 Å². The molecule has 1 aliphatic carbocycles. The maximum Gasteiger partial charge on any atom is 0.251 e. The Morgan fingerprint density at radius 1 is 1.40 bits per heavy atom. The van der Waals surface area contributed by atoms with Crippen molar-refractivity contribution in [1.29, 1.82) is 0 Å². The third-order valence-electron chi connectivity index (χ3n) is 3.76. The van der Waals surface area contributed by atoms with Crippen LogP contribution in [0, 0.1) is 5.92 Å². The summed E-state index contributed by atoms with van der Waals surface area (Å²) in [6, 6.07) is 3.19. The minimum Gasteiger partial charge on any atom is -0.481 e. The van der Waals surface area contributed by atoms with E-state index in [4.69, 9.17) is 9.84 Å². The standard InChI is InChI=1S/C15H22N2O3/c1-20-14-8-12(7-13(10-18)17-14)15(19)16-9-11-5-3-2-4-6-11/h7-8,11,18H,2-6,9-10H2,1H3,(H,16,19). The van der Waals surface area contributed by atoms with Gasteiger partial charge in [0.15, 0.2) is 0 Å². The lowest BCUT2D eigenvalue weighted by Crippen LogP contribution is -2.30. The molecule has 1 aromatic rings. The van der Waals surface area contributed by atoms with Crippen molar-refractivity contribution < 1.29 is 14.6 Å². The first-order valence-electron chi connectivity index (χ1n) is 7.17. The Kier molecular flexibility index (Phi) is 5.35. The fourth-order valence-corrected chi connectivity index (χ4v) is 2.61. The second kappa shape index (κ2) is 7.24. The Morgan fingerprint density at radius 2 is 2.15 bits per heavy atom. The number of nitrogens with one attached hydrogen (secondary N) is 1. The van der Waals surface area contributed by atoms with Crippen LogP contribution in [0.4, 0.5) is 0 Å². The highest BCUT2D eigenvalue weighted by Crippen LogP contribution is 2.23. The molecule has 2 rings (SSSR count). The van der Waals surface area contributed by atoms with E-state index in [2.05, 4.69) is 10.3 Å². The topological polar surface area (TPSA) is 71.5 Å². The predicted molar refractivity (Wildman–Crippen MR) is 75.6 cm³/mol. The number of nitrogens with zero attached hydrogens (tertiary/aromatic N) is 1. The Morgan fingerprint density at radius 3 is 2.80 bits per heavy atom. The molecule has 0 aliphatic heterocycles. The summed E-state index contributed by atoms with van der Waals surface area (Å²) in [4.78, 5) is 16.2. The van der Waals surface area contributed by atoms with Crippen molar-refractivity contribution in [3.8, 4) is 5.88 Å². The van der Waals surface area contributed by atoms with Crippen LogP contribution in [0.25, 0.3) is 0 Å². The molecule has 1 heterocycles. The van der Waals surface area contributed by atoms with Gasteiger partial charge in [-0.25, -0.2) is 4.98 Å². The van der Waals surface area contributed by atoms with Crippen LogP contribution < -0.4 is 10.1 Å². The van der Waals surface area contributed by atoms with Gasteiger partial charge in [0.05, 0.1) is 19.4 Å². The lowest BCUT2D eigenvalue weighted by molar-refractivity contribution is 0.0943. The van der Waals surface area contributed by atoms with Crippen molar-refractivity contribution in [2.24, 2.45) is 5.92 Å². The first-order chi connectivity index (χ1) is 9.72. The van der Waals surface area contributed by atoms with Gasteiger partial charge in [-0.1, -0.05) is 19.3 Å². The molecule has 5 heteroatoms. The third-order valence-corrected chi connectivity index (χ3v) is 3.76. The molecule has 0 atom stereocenters. The predicted octanol–water partition coefficient (Wildman–Crippen LogP) is 1.89. The number of ether oxygens (including phenoxy) is 1. The minimum atomic E-state index is -0.208. The summed E-state index contributed by atoms with van der Waals surface area (Å²) in [5, 5.41) is 12.1. The second-order valence-corrected chi connectivity index (χ2v) is 5.26. The van der Waals surface area contributed by atoms with Gasteiger partial charge in [0.25, 0.3) is 5.91 Å². The Bertz CT molecular complexity index is 434. The van der Waals surface area contributed by atoms with Crippen LogP contribution in [0.15, 0.2) is 12.1 Å². The highest BCUT2D eigenvalue weighted by Gasteiger charge is 2.15. The highest BCUT2D eigenvalue weighted by molar-refractivity contribution is 5.94. The molecular formula is C15H22N2O3. The number of aliphatic hydroxyl groups excluding tert-OH is 1. The fourth-order valence-electron chi connectivity index (χ4n) is 2.61. The number of aromatic nitrogens is 1. The van der Waals surface area contributed by atoms with Crippen molar-refractivity contribution in [2.45, 2.75) is 38.7 Å². The number of hydrogen-bond acceptors (Lipinski definition) is 4. The summed E-state index contributed by atoms with van der Waals surface area (Å²) in [7, 11) is 1.49. The maximum atomic E-state index is 12.1. The zero-order valence-electron chi connectivity index (χ0n) is 11.9. The molecule has 0 aromatic carbocycles. The van der Waals surface area contributed by atoms with E-state index < -0.39 is 0 Å². The maximum absolute atomic E-state index is 12.1. The van der Waals surface area contributed by atoms with Gasteiger partial charge >= 0.3 is 0 Å². The Labute approximate surface area is 119 Å². The molecule has 1 aliphatic rings. The van der Waals surface area contributed by atoms with Gasteiger partial charge in [-0.15, -0.1) is 0 Å². The van der Waals surface area contributed by atoms with E-state index in [-0.39, 0.29) is 12.5 Å². The molecule has 0 saturated heterocycles. The SMILES string of the molecule is COc1cc(C(=O)NCC2CCCCC2)cc(CO)n1. The van der Waals surface area contributed by atoms with Crippen LogP contribution in [0.1, 0.15) is 48.2 Å². The van der Waals surface area contributed by atoms with Crippen LogP contribution in [0.2, 0.25) is 0 Å². The van der Waals surface area contributed by atoms with Crippen LogP contribution in [0.3, 0.4) is 0 Å². The number of rotatable bonds is 5. The minimum absolute atomic E-state index is 0.133. The molecule has 2 N–H and O–H groups in total. The largest absolute Gasteiger partial charge is 0.481 e. The molecule has 0 radical (unpaired) electrons. The molecule has 0 unspecified atom stereocenters. The first kappa shape index (κ1) is 14.8. The highest BCUT2D eigenvalue weighted by atomic mass is 16.5. The van der Waals surface area contributed by atoms with Crippen molar-refractivity contribution >= 4 is 5.91 Å². The molecule has 5 nitrogen and oxygen atoms in total. The smallest absolute Gasteiger partial charge is 0.251 e. The summed E-state index contributed by atoms with van der Waals surface area (Å²) < 4.78 is 5.04. The summed E-state index contributed by atoms with van der Waals surface area (Å²) in [6.45, 7) is 0.512. The summed E-state index contributed by atoms with van der Waals surface area (Å²) in [5.74, 6) is 0.805. The summed E-state index contributed by atoms with van der Waals surface area (Å²) in [5.41, 5.74) is 0.920. The van der Waals surface area contributed by atoms with E-state index in [0.29, 0.717) is 23.1 Å². The number of carbonyl (C=O) groups is 1. The zero-order chi connectivity index (χ0) is 14.4. The van der Waals surface area contributed by atoms with E-state index in [1.54, 1.807) is 12.1 Å². The first-order valence-corrected chi connectivity index (χ1v) is 7.17. The average molecular weight is 278 g/mol. The zero-order valence-corrected chi connectivity index (χ0v) is 11.9. The number of hydrogen-bond donors (Lipinski definition) is 2. The van der Waals surface area contributed by atoms with Gasteiger partial charge in [-0.05, 0) is 24.8 Å². The summed E-state index contributed by atoms with van der Waals surface area (Å²) in [6.07, 6.45) is 6.23. The number of aliphatic hydroxyl groups is 1. The molecule has 1 fully saturated rings. The fraction of sp³-hybridized carbons (Fsp3) is 0.600. The van der Waals surface area contributed by atoms with E-state index in [0.717, 1.165) is 6.54 Å². The molecule has 0 bridgehead atoms. The van der Waals surface area contributed by atoms with Gasteiger partial charge in [-0.3, -0.25) is 4.79 Å². The number of methoxy groups -OCH3 is 1. The Hall–Kier alpha value is -1.62. The van der Waals surface area contributed by atoms with Crippen molar-refractivity contribution in [3.05, 3.63) is 23.4 Å². The van der Waals surface area contributed by atoms with Gasteiger partial charge in [0.2, 0.25) is 5.88 Å². The van der Waals surface area contributed by atoms with E-state index in [1.807, 2.05) is 0 Å². The number of amides is 1. The molecule has 110 valence electrons. The van der Waals surface area contributed by atoms with Gasteiger partial charge < -0.3 is 15.2 Å². The molecule has 1 saturated carbocycles. The molecule has 20 heavy (non-hydrogen) atoms. The molecular weight excluding hydrogens is 256 g/mol. The van der Waals surface area contributed by atoms with Crippen LogP contribution in [-0.2, 0) is 6.61 Å². The average Bonchev–Trinajstić information content (AvgIpc) is 2.52. The molecule has 1 aromatic heterocycles. The van der Waals surface area contributed by atoms with Gasteiger partial charge in [0.1, 0.15) is 0 Å². The van der Waals surface area contributed by atoms with Crippen molar-refractivity contribution in [2.75, 3.05) is 13.7 Å². The molecule has 0 spiro atoms. The van der Waals surface area contributed by atoms with Gasteiger partial charge in [0, 0.05) is 18.2 Å². The lowest BCUT2D eigenvalue weighted by Gasteiger charge is -2.21. The number of pyridine rings is 1. The van der Waals surface area contributed by atoms with Crippen LogP contribution in [0.5, 0.6) is 5.88 Å². The normalized spacial score (nSPS) is 15.9. The Balaban J connectivity index is 1.97. The van der Waals surface area contributed by atoms with Crippen LogP contribution >= 0.6 is 0 Å². The van der Waals surface area contributed by atoms with Gasteiger partial charge in [-0.2, -0.15) is 0 Å².